The molecule has 1 saturated carbocycles. The van der Waals surface area contributed by atoms with Crippen LogP contribution in [0.15, 0.2) is 12.1 Å². The summed E-state index contributed by atoms with van der Waals surface area (Å²) >= 11 is 6.79. The van der Waals surface area contributed by atoms with Gasteiger partial charge < -0.3 is 14.2 Å². The highest BCUT2D eigenvalue weighted by atomic mass is 35.5. The molecule has 1 unspecified atom stereocenters. The van der Waals surface area contributed by atoms with Crippen molar-refractivity contribution in [1.29, 1.82) is 0 Å². The van der Waals surface area contributed by atoms with Crippen molar-refractivity contribution in [1.82, 2.24) is 0 Å². The molecule has 0 aromatic heterocycles. The van der Waals surface area contributed by atoms with Crippen molar-refractivity contribution in [2.24, 2.45) is 5.41 Å². The number of benzene rings is 1. The molecule has 0 radical (unpaired) electrons. The van der Waals surface area contributed by atoms with Crippen LogP contribution in [0.2, 0.25) is 0 Å². The van der Waals surface area contributed by atoms with Gasteiger partial charge in [0.2, 0.25) is 5.75 Å². The maximum atomic E-state index is 6.79. The van der Waals surface area contributed by atoms with Gasteiger partial charge in [-0.3, -0.25) is 0 Å². The number of halogens is 1. The molecule has 0 heterocycles. The smallest absolute Gasteiger partial charge is 0.203 e. The Morgan fingerprint density at radius 3 is 2.10 bits per heavy atom. The van der Waals surface area contributed by atoms with Gasteiger partial charge in [-0.2, -0.15) is 0 Å². The summed E-state index contributed by atoms with van der Waals surface area (Å²) in [4.78, 5) is 0. The molecule has 112 valence electrons. The molecule has 0 N–H and O–H groups in total. The zero-order valence-corrected chi connectivity index (χ0v) is 13.4. The van der Waals surface area contributed by atoms with Crippen LogP contribution in [0, 0.1) is 5.41 Å². The summed E-state index contributed by atoms with van der Waals surface area (Å²) in [6, 6.07) is 3.88. The number of alkyl halides is 1. The normalized spacial score (nSPS) is 18.6. The van der Waals surface area contributed by atoms with E-state index in [9.17, 15) is 0 Å². The fourth-order valence-electron chi connectivity index (χ4n) is 3.14. The van der Waals surface area contributed by atoms with Crippen LogP contribution in [0.3, 0.4) is 0 Å². The lowest BCUT2D eigenvalue weighted by atomic mass is 9.81. The summed E-state index contributed by atoms with van der Waals surface area (Å²) in [5, 5.41) is -0.0836. The van der Waals surface area contributed by atoms with E-state index in [4.69, 9.17) is 25.8 Å². The highest BCUT2D eigenvalue weighted by molar-refractivity contribution is 6.21. The van der Waals surface area contributed by atoms with Crippen molar-refractivity contribution in [3.05, 3.63) is 17.7 Å². The van der Waals surface area contributed by atoms with E-state index in [1.807, 2.05) is 12.1 Å². The van der Waals surface area contributed by atoms with Crippen molar-refractivity contribution in [3.63, 3.8) is 0 Å². The Balaban J connectivity index is 2.45. The lowest BCUT2D eigenvalue weighted by molar-refractivity contribution is 0.299. The highest BCUT2D eigenvalue weighted by Crippen LogP contribution is 2.54. The third-order valence-corrected chi connectivity index (χ3v) is 5.13. The van der Waals surface area contributed by atoms with Crippen LogP contribution in [-0.4, -0.2) is 21.3 Å². The zero-order chi connectivity index (χ0) is 14.8. The Morgan fingerprint density at radius 2 is 1.60 bits per heavy atom. The first-order valence-electron chi connectivity index (χ1n) is 7.00. The summed E-state index contributed by atoms with van der Waals surface area (Å²) in [5.41, 5.74) is 1.10. The summed E-state index contributed by atoms with van der Waals surface area (Å²) in [5.74, 6) is 1.95. The van der Waals surface area contributed by atoms with Crippen LogP contribution in [0.1, 0.15) is 43.5 Å². The first-order valence-corrected chi connectivity index (χ1v) is 7.44. The van der Waals surface area contributed by atoms with Gasteiger partial charge in [-0.05, 0) is 30.4 Å². The van der Waals surface area contributed by atoms with E-state index in [1.54, 1.807) is 21.3 Å². The van der Waals surface area contributed by atoms with Crippen LogP contribution in [0.25, 0.3) is 0 Å². The molecule has 1 aliphatic rings. The fraction of sp³-hybridized carbons (Fsp3) is 0.625. The van der Waals surface area contributed by atoms with E-state index < -0.39 is 0 Å². The fourth-order valence-corrected chi connectivity index (χ4v) is 3.53. The first-order chi connectivity index (χ1) is 9.57. The molecule has 0 bridgehead atoms. The van der Waals surface area contributed by atoms with Crippen molar-refractivity contribution in [3.8, 4) is 17.2 Å². The molecule has 0 aliphatic heterocycles. The van der Waals surface area contributed by atoms with Gasteiger partial charge in [0.25, 0.3) is 0 Å². The largest absolute Gasteiger partial charge is 0.493 e. The Bertz CT molecular complexity index is 467. The van der Waals surface area contributed by atoms with Crippen molar-refractivity contribution >= 4 is 11.6 Å². The summed E-state index contributed by atoms with van der Waals surface area (Å²) < 4.78 is 16.3. The van der Waals surface area contributed by atoms with Gasteiger partial charge >= 0.3 is 0 Å². The molecule has 0 spiro atoms. The second kappa shape index (κ2) is 6.13. The molecule has 0 saturated heterocycles. The van der Waals surface area contributed by atoms with Gasteiger partial charge in [-0.25, -0.2) is 0 Å². The molecule has 3 nitrogen and oxygen atoms in total. The monoisotopic (exact) mass is 298 g/mol. The summed E-state index contributed by atoms with van der Waals surface area (Å²) in [6.45, 7) is 2.26. The number of rotatable bonds is 5. The van der Waals surface area contributed by atoms with Crippen LogP contribution in [0.5, 0.6) is 17.2 Å². The molecule has 0 amide bonds. The van der Waals surface area contributed by atoms with Gasteiger partial charge in [0.1, 0.15) is 0 Å². The molecule has 1 aliphatic carbocycles. The van der Waals surface area contributed by atoms with E-state index in [2.05, 4.69) is 6.92 Å². The number of hydrogen-bond donors (Lipinski definition) is 0. The Labute approximate surface area is 126 Å². The average molecular weight is 299 g/mol. The number of ether oxygens (including phenoxy) is 3. The number of methoxy groups -OCH3 is 3. The van der Waals surface area contributed by atoms with Gasteiger partial charge in [-0.1, -0.05) is 19.8 Å². The Hall–Kier alpha value is -1.09. The molecule has 1 atom stereocenters. The zero-order valence-electron chi connectivity index (χ0n) is 12.7. The van der Waals surface area contributed by atoms with Gasteiger partial charge in [-0.15, -0.1) is 11.6 Å². The van der Waals surface area contributed by atoms with Crippen LogP contribution in [0.4, 0.5) is 0 Å². The van der Waals surface area contributed by atoms with E-state index >= 15 is 0 Å². The molecular formula is C16H23ClO3. The minimum atomic E-state index is -0.0836. The van der Waals surface area contributed by atoms with Gasteiger partial charge in [0, 0.05) is 5.56 Å². The summed E-state index contributed by atoms with van der Waals surface area (Å²) in [6.07, 6.45) is 4.79. The van der Waals surface area contributed by atoms with E-state index in [-0.39, 0.29) is 10.8 Å². The average Bonchev–Trinajstić information content (AvgIpc) is 2.92. The van der Waals surface area contributed by atoms with Crippen molar-refractivity contribution in [2.45, 2.75) is 38.0 Å². The van der Waals surface area contributed by atoms with Crippen LogP contribution >= 0.6 is 11.6 Å². The van der Waals surface area contributed by atoms with Crippen LogP contribution in [-0.2, 0) is 0 Å². The molecule has 4 heteroatoms. The predicted octanol–water partition coefficient (Wildman–Crippen LogP) is 4.57. The molecule has 1 fully saturated rings. The highest BCUT2D eigenvalue weighted by Gasteiger charge is 2.38. The van der Waals surface area contributed by atoms with Crippen LogP contribution < -0.4 is 14.2 Å². The third-order valence-electron chi connectivity index (χ3n) is 4.37. The van der Waals surface area contributed by atoms with Gasteiger partial charge in [0.05, 0.1) is 26.7 Å². The van der Waals surface area contributed by atoms with E-state index in [0.29, 0.717) is 17.2 Å². The predicted molar refractivity (Wildman–Crippen MR) is 81.3 cm³/mol. The standard InChI is InChI=1S/C16H23ClO3/c1-16(9-5-6-10-16)15(17)11-7-8-12(18-2)14(20-4)13(11)19-3/h7-8,15H,5-6,9-10H2,1-4H3. The molecule has 2 rings (SSSR count). The maximum absolute atomic E-state index is 6.79. The minimum absolute atomic E-state index is 0.0836. The topological polar surface area (TPSA) is 27.7 Å². The number of hydrogen-bond acceptors (Lipinski definition) is 3. The summed E-state index contributed by atoms with van der Waals surface area (Å²) in [7, 11) is 4.87. The van der Waals surface area contributed by atoms with E-state index in [0.717, 1.165) is 18.4 Å². The van der Waals surface area contributed by atoms with Crippen molar-refractivity contribution < 1.29 is 14.2 Å². The lowest BCUT2D eigenvalue weighted by Crippen LogP contribution is -2.18. The SMILES string of the molecule is COc1ccc(C(Cl)C2(C)CCCC2)c(OC)c1OC. The molecule has 20 heavy (non-hydrogen) atoms. The molecular weight excluding hydrogens is 276 g/mol. The van der Waals surface area contributed by atoms with Crippen molar-refractivity contribution in [2.75, 3.05) is 21.3 Å². The second-order valence-corrected chi connectivity index (χ2v) is 6.08. The molecule has 1 aromatic carbocycles. The maximum Gasteiger partial charge on any atom is 0.203 e. The molecule has 1 aromatic rings. The quantitative estimate of drug-likeness (QED) is 0.745. The third kappa shape index (κ3) is 2.56. The first kappa shape index (κ1) is 15.3. The van der Waals surface area contributed by atoms with E-state index in [1.165, 1.54) is 12.8 Å². The second-order valence-electron chi connectivity index (χ2n) is 5.65. The Morgan fingerprint density at radius 1 is 1.00 bits per heavy atom. The minimum Gasteiger partial charge on any atom is -0.493 e. The Kier molecular flexibility index (Phi) is 4.69. The van der Waals surface area contributed by atoms with Gasteiger partial charge in [0.15, 0.2) is 11.5 Å². The lowest BCUT2D eigenvalue weighted by Gasteiger charge is -2.31.